The highest BCUT2D eigenvalue weighted by Crippen LogP contribution is 2.11. The molecule has 11 heteroatoms. The zero-order valence-electron chi connectivity index (χ0n) is 18.2. The standard InChI is InChI=1S/C21H32N4O6S/c1-3-12(2)17(20(29)24-16(11-32)21(30)31)25-19(28)15(23-18(27)14(22)10-26)9-13-7-5-4-6-8-13/h4-8,12,14-17,26,32H,3,9-11,22H2,1-2H3,(H,23,27)(H,24,29)(H,25,28)(H,30,31). The van der Waals surface area contributed by atoms with Gasteiger partial charge in [0.15, 0.2) is 0 Å². The Morgan fingerprint density at radius 2 is 1.59 bits per heavy atom. The van der Waals surface area contributed by atoms with Crippen LogP contribution in [0.1, 0.15) is 25.8 Å². The van der Waals surface area contributed by atoms with Gasteiger partial charge in [-0.15, -0.1) is 0 Å². The molecule has 0 radical (unpaired) electrons. The summed E-state index contributed by atoms with van der Waals surface area (Å²) >= 11 is 3.93. The summed E-state index contributed by atoms with van der Waals surface area (Å²) in [7, 11) is 0. The van der Waals surface area contributed by atoms with Gasteiger partial charge in [0.2, 0.25) is 17.7 Å². The number of carboxylic acids is 1. The molecule has 0 aliphatic carbocycles. The van der Waals surface area contributed by atoms with Crippen LogP contribution in [0.3, 0.4) is 0 Å². The maximum atomic E-state index is 13.1. The van der Waals surface area contributed by atoms with Gasteiger partial charge in [-0.1, -0.05) is 50.6 Å². The first kappa shape index (κ1) is 27.4. The average Bonchev–Trinajstić information content (AvgIpc) is 2.79. The Kier molecular flexibility index (Phi) is 11.7. The topological polar surface area (TPSA) is 171 Å². The van der Waals surface area contributed by atoms with E-state index >= 15 is 0 Å². The molecule has 0 saturated carbocycles. The molecule has 0 spiro atoms. The van der Waals surface area contributed by atoms with Crippen LogP contribution in [-0.2, 0) is 25.6 Å². The first-order valence-electron chi connectivity index (χ1n) is 10.3. The maximum Gasteiger partial charge on any atom is 0.327 e. The third kappa shape index (κ3) is 8.48. The Balaban J connectivity index is 3.08. The van der Waals surface area contributed by atoms with E-state index in [9.17, 15) is 24.3 Å². The van der Waals surface area contributed by atoms with Crippen LogP contribution in [0.2, 0.25) is 0 Å². The van der Waals surface area contributed by atoms with Crippen molar-refractivity contribution in [3.63, 3.8) is 0 Å². The minimum absolute atomic E-state index is 0.117. The Morgan fingerprint density at radius 1 is 1.00 bits per heavy atom. The predicted molar refractivity (Wildman–Crippen MR) is 122 cm³/mol. The van der Waals surface area contributed by atoms with Gasteiger partial charge in [-0.05, 0) is 11.5 Å². The van der Waals surface area contributed by atoms with Crippen molar-refractivity contribution in [3.05, 3.63) is 35.9 Å². The van der Waals surface area contributed by atoms with Crippen LogP contribution in [-0.4, -0.2) is 70.4 Å². The van der Waals surface area contributed by atoms with Gasteiger partial charge in [-0.25, -0.2) is 4.79 Å². The highest BCUT2D eigenvalue weighted by Gasteiger charge is 2.32. The van der Waals surface area contributed by atoms with Crippen LogP contribution in [0.5, 0.6) is 0 Å². The molecule has 3 amide bonds. The van der Waals surface area contributed by atoms with Gasteiger partial charge in [-0.3, -0.25) is 14.4 Å². The van der Waals surface area contributed by atoms with Crippen LogP contribution >= 0.6 is 12.6 Å². The van der Waals surface area contributed by atoms with Crippen LogP contribution in [0, 0.1) is 5.92 Å². The van der Waals surface area contributed by atoms with E-state index in [0.29, 0.717) is 6.42 Å². The van der Waals surface area contributed by atoms with Crippen LogP contribution < -0.4 is 21.7 Å². The monoisotopic (exact) mass is 468 g/mol. The minimum Gasteiger partial charge on any atom is -0.480 e. The molecule has 178 valence electrons. The second-order valence-electron chi connectivity index (χ2n) is 7.49. The summed E-state index contributed by atoms with van der Waals surface area (Å²) in [6.07, 6.45) is 0.655. The molecule has 10 nitrogen and oxygen atoms in total. The molecule has 0 bridgehead atoms. The van der Waals surface area contributed by atoms with Gasteiger partial charge in [0.1, 0.15) is 24.2 Å². The zero-order chi connectivity index (χ0) is 24.3. The normalized spacial score (nSPS) is 15.5. The summed E-state index contributed by atoms with van der Waals surface area (Å²) in [6, 6.07) is 4.41. The molecular formula is C21H32N4O6S. The minimum atomic E-state index is -1.24. The second-order valence-corrected chi connectivity index (χ2v) is 7.86. The number of rotatable bonds is 13. The number of thiol groups is 1. The number of nitrogens with one attached hydrogen (secondary N) is 3. The number of carboxylic acid groups (broad SMARTS) is 1. The molecule has 32 heavy (non-hydrogen) atoms. The van der Waals surface area contributed by atoms with Crippen molar-refractivity contribution in [1.82, 2.24) is 16.0 Å². The number of carbonyl (C=O) groups excluding carboxylic acids is 3. The summed E-state index contributed by atoms with van der Waals surface area (Å²) in [5.41, 5.74) is 6.32. The molecule has 1 aromatic carbocycles. The summed E-state index contributed by atoms with van der Waals surface area (Å²) in [5, 5.41) is 25.8. The van der Waals surface area contributed by atoms with E-state index in [0.717, 1.165) is 5.56 Å². The lowest BCUT2D eigenvalue weighted by atomic mass is 9.96. The van der Waals surface area contributed by atoms with Crippen LogP contribution in [0.15, 0.2) is 30.3 Å². The molecule has 5 atom stereocenters. The lowest BCUT2D eigenvalue weighted by Gasteiger charge is -2.28. The fourth-order valence-corrected chi connectivity index (χ4v) is 3.07. The Morgan fingerprint density at radius 3 is 2.09 bits per heavy atom. The number of carbonyl (C=O) groups is 4. The van der Waals surface area contributed by atoms with E-state index in [1.54, 1.807) is 31.2 Å². The number of hydrogen-bond donors (Lipinski definition) is 7. The smallest absolute Gasteiger partial charge is 0.327 e. The fraction of sp³-hybridized carbons (Fsp3) is 0.524. The number of amides is 3. The quantitative estimate of drug-likeness (QED) is 0.183. The number of nitrogens with two attached hydrogens (primary N) is 1. The molecule has 0 aliphatic rings. The molecule has 1 aromatic rings. The van der Waals surface area contributed by atoms with Crippen molar-refractivity contribution < 1.29 is 29.4 Å². The number of benzene rings is 1. The first-order valence-corrected chi connectivity index (χ1v) is 10.9. The van der Waals surface area contributed by atoms with Crippen LogP contribution in [0.25, 0.3) is 0 Å². The van der Waals surface area contributed by atoms with E-state index in [-0.39, 0.29) is 18.1 Å². The van der Waals surface area contributed by atoms with Gasteiger partial charge in [0.25, 0.3) is 0 Å². The molecule has 1 rings (SSSR count). The molecule has 0 fully saturated rings. The SMILES string of the molecule is CCC(C)C(NC(=O)C(Cc1ccccc1)NC(=O)C(N)CO)C(=O)NC(CS)C(=O)O. The predicted octanol–water partition coefficient (Wildman–Crippen LogP) is -0.936. The molecule has 0 aliphatic heterocycles. The van der Waals surface area contributed by atoms with Crippen molar-refractivity contribution in [1.29, 1.82) is 0 Å². The van der Waals surface area contributed by atoms with Crippen molar-refractivity contribution in [3.8, 4) is 0 Å². The van der Waals surface area contributed by atoms with Gasteiger partial charge in [0.05, 0.1) is 6.61 Å². The lowest BCUT2D eigenvalue weighted by molar-refractivity contribution is -0.142. The van der Waals surface area contributed by atoms with Crippen molar-refractivity contribution in [2.75, 3.05) is 12.4 Å². The molecule has 5 unspecified atom stereocenters. The molecule has 0 heterocycles. The van der Waals surface area contributed by atoms with E-state index in [1.807, 2.05) is 13.0 Å². The van der Waals surface area contributed by atoms with Gasteiger partial charge >= 0.3 is 5.97 Å². The zero-order valence-corrected chi connectivity index (χ0v) is 19.0. The van der Waals surface area contributed by atoms with Crippen molar-refractivity contribution >= 4 is 36.3 Å². The molecule has 0 aromatic heterocycles. The summed E-state index contributed by atoms with van der Waals surface area (Å²) in [6.45, 7) is 2.98. The number of aliphatic carboxylic acids is 1. The lowest BCUT2D eigenvalue weighted by Crippen LogP contribution is -2.59. The van der Waals surface area contributed by atoms with E-state index in [1.165, 1.54) is 0 Å². The van der Waals surface area contributed by atoms with Gasteiger partial charge in [-0.2, -0.15) is 12.6 Å². The van der Waals surface area contributed by atoms with E-state index in [4.69, 9.17) is 10.8 Å². The summed E-state index contributed by atoms with van der Waals surface area (Å²) < 4.78 is 0. The highest BCUT2D eigenvalue weighted by molar-refractivity contribution is 7.80. The van der Waals surface area contributed by atoms with E-state index in [2.05, 4.69) is 28.6 Å². The highest BCUT2D eigenvalue weighted by atomic mass is 32.1. The molecular weight excluding hydrogens is 436 g/mol. The van der Waals surface area contributed by atoms with Crippen molar-refractivity contribution in [2.45, 2.75) is 50.9 Å². The number of aliphatic hydroxyl groups excluding tert-OH is 1. The Bertz CT molecular complexity index is 779. The number of aliphatic hydroxyl groups is 1. The Labute approximate surface area is 192 Å². The maximum absolute atomic E-state index is 13.1. The molecule has 7 N–H and O–H groups in total. The van der Waals surface area contributed by atoms with Crippen LogP contribution in [0.4, 0.5) is 0 Å². The summed E-state index contributed by atoms with van der Waals surface area (Å²) in [4.78, 5) is 49.3. The Hall–Kier alpha value is -2.63. The largest absolute Gasteiger partial charge is 0.480 e. The van der Waals surface area contributed by atoms with E-state index < -0.39 is 54.5 Å². The summed E-state index contributed by atoms with van der Waals surface area (Å²) in [5.74, 6) is -3.69. The first-order chi connectivity index (χ1) is 15.1. The van der Waals surface area contributed by atoms with Gasteiger partial charge in [0, 0.05) is 12.2 Å². The molecule has 0 saturated heterocycles. The van der Waals surface area contributed by atoms with Gasteiger partial charge < -0.3 is 31.9 Å². The second kappa shape index (κ2) is 13.7. The fourth-order valence-electron chi connectivity index (χ4n) is 2.82. The average molecular weight is 469 g/mol. The number of hydrogen-bond acceptors (Lipinski definition) is 7. The third-order valence-electron chi connectivity index (χ3n) is 5.04. The van der Waals surface area contributed by atoms with Crippen molar-refractivity contribution in [2.24, 2.45) is 11.7 Å². The third-order valence-corrected chi connectivity index (χ3v) is 5.40.